The van der Waals surface area contributed by atoms with Gasteiger partial charge in [-0.2, -0.15) is 0 Å². The molecule has 1 aromatic rings. The first-order chi connectivity index (χ1) is 8.52. The van der Waals surface area contributed by atoms with E-state index < -0.39 is 5.60 Å². The molecule has 0 aromatic heterocycles. The molecule has 0 aliphatic rings. The number of nitrogens with two attached hydrogens (primary N) is 1. The molecule has 1 atom stereocenters. The fourth-order valence-corrected chi connectivity index (χ4v) is 1.40. The number of ether oxygens (including phenoxy) is 2. The number of hydrogen-bond acceptors (Lipinski definition) is 4. The van der Waals surface area contributed by atoms with Crippen LogP contribution in [0.25, 0.3) is 0 Å². The van der Waals surface area contributed by atoms with Gasteiger partial charge in [-0.1, -0.05) is 13.0 Å². The van der Waals surface area contributed by atoms with Gasteiger partial charge in [0.05, 0.1) is 12.2 Å². The van der Waals surface area contributed by atoms with Crippen molar-refractivity contribution < 1.29 is 14.6 Å². The molecular formula is C14H23NO3. The minimum atomic E-state index is -0.823. The summed E-state index contributed by atoms with van der Waals surface area (Å²) in [6.45, 7) is 6.86. The second-order valence-electron chi connectivity index (χ2n) is 4.56. The van der Waals surface area contributed by atoms with Gasteiger partial charge in [0.25, 0.3) is 0 Å². The summed E-state index contributed by atoms with van der Waals surface area (Å²) in [6.07, 6.45) is 0.637. The van der Waals surface area contributed by atoms with E-state index >= 15 is 0 Å². The summed E-state index contributed by atoms with van der Waals surface area (Å²) in [7, 11) is 0. The van der Waals surface area contributed by atoms with E-state index in [-0.39, 0.29) is 6.61 Å². The Morgan fingerprint density at radius 3 is 2.50 bits per heavy atom. The monoisotopic (exact) mass is 253 g/mol. The summed E-state index contributed by atoms with van der Waals surface area (Å²) in [5.74, 6) is 1.31. The lowest BCUT2D eigenvalue weighted by Gasteiger charge is -2.22. The maximum Gasteiger partial charge on any atom is 0.161 e. The van der Waals surface area contributed by atoms with E-state index in [1.54, 1.807) is 6.92 Å². The van der Waals surface area contributed by atoms with Gasteiger partial charge in [-0.25, -0.2) is 0 Å². The number of aliphatic hydroxyl groups is 1. The average Bonchev–Trinajstić information content (AvgIpc) is 2.37. The molecule has 0 radical (unpaired) electrons. The zero-order valence-electron chi connectivity index (χ0n) is 11.4. The first kappa shape index (κ1) is 14.8. The van der Waals surface area contributed by atoms with Crippen LogP contribution in [-0.2, 0) is 6.54 Å². The molecule has 1 unspecified atom stereocenters. The van der Waals surface area contributed by atoms with Crippen molar-refractivity contribution in [3.8, 4) is 11.5 Å². The van der Waals surface area contributed by atoms with Crippen molar-refractivity contribution in [2.24, 2.45) is 5.73 Å². The fourth-order valence-electron chi connectivity index (χ4n) is 1.40. The highest BCUT2D eigenvalue weighted by atomic mass is 16.5. The van der Waals surface area contributed by atoms with Crippen LogP contribution in [0.5, 0.6) is 11.5 Å². The second kappa shape index (κ2) is 6.61. The zero-order chi connectivity index (χ0) is 13.6. The van der Waals surface area contributed by atoms with Crippen LogP contribution in [-0.4, -0.2) is 23.9 Å². The Bertz CT molecular complexity index is 377. The second-order valence-corrected chi connectivity index (χ2v) is 4.56. The summed E-state index contributed by atoms with van der Waals surface area (Å²) < 4.78 is 11.1. The van der Waals surface area contributed by atoms with Crippen LogP contribution in [0, 0.1) is 0 Å². The van der Waals surface area contributed by atoms with Crippen LogP contribution >= 0.6 is 0 Å². The Labute approximate surface area is 109 Å². The predicted octanol–water partition coefficient (Wildman–Crippen LogP) is 2.08. The highest BCUT2D eigenvalue weighted by Gasteiger charge is 2.19. The van der Waals surface area contributed by atoms with Gasteiger partial charge in [-0.15, -0.1) is 0 Å². The minimum absolute atomic E-state index is 0.242. The fraction of sp³-hybridized carbons (Fsp3) is 0.571. The molecule has 0 spiro atoms. The normalized spacial score (nSPS) is 14.1. The van der Waals surface area contributed by atoms with E-state index in [0.717, 1.165) is 5.56 Å². The molecule has 0 aliphatic carbocycles. The Hall–Kier alpha value is -1.26. The van der Waals surface area contributed by atoms with E-state index in [1.165, 1.54) is 0 Å². The Morgan fingerprint density at radius 2 is 1.94 bits per heavy atom. The van der Waals surface area contributed by atoms with E-state index in [1.807, 2.05) is 32.0 Å². The van der Waals surface area contributed by atoms with Crippen molar-refractivity contribution in [3.05, 3.63) is 23.8 Å². The molecule has 3 N–H and O–H groups in total. The van der Waals surface area contributed by atoms with Crippen LogP contribution in [0.4, 0.5) is 0 Å². The molecule has 1 aromatic carbocycles. The van der Waals surface area contributed by atoms with Gasteiger partial charge in [0.2, 0.25) is 0 Å². The summed E-state index contributed by atoms with van der Waals surface area (Å²) in [4.78, 5) is 0. The lowest BCUT2D eigenvalue weighted by Crippen LogP contribution is -2.31. The molecule has 18 heavy (non-hydrogen) atoms. The highest BCUT2D eigenvalue weighted by molar-refractivity contribution is 5.43. The third-order valence-corrected chi connectivity index (χ3v) is 2.84. The SMILES string of the molecule is CCOc1cc(CN)ccc1OCC(C)(O)CC. The molecule has 0 saturated heterocycles. The molecule has 4 heteroatoms. The van der Waals surface area contributed by atoms with Gasteiger partial charge >= 0.3 is 0 Å². The van der Waals surface area contributed by atoms with Gasteiger partial charge in [0.15, 0.2) is 11.5 Å². The summed E-state index contributed by atoms with van der Waals surface area (Å²) in [5, 5.41) is 9.92. The van der Waals surface area contributed by atoms with Gasteiger partial charge in [0, 0.05) is 6.54 Å². The molecular weight excluding hydrogens is 230 g/mol. The lowest BCUT2D eigenvalue weighted by molar-refractivity contribution is 0.00761. The van der Waals surface area contributed by atoms with Crippen molar-refractivity contribution in [1.82, 2.24) is 0 Å². The maximum absolute atomic E-state index is 9.92. The summed E-state index contributed by atoms with van der Waals surface area (Å²) in [5.41, 5.74) is 5.76. The van der Waals surface area contributed by atoms with Crippen molar-refractivity contribution in [1.29, 1.82) is 0 Å². The van der Waals surface area contributed by atoms with Gasteiger partial charge < -0.3 is 20.3 Å². The quantitative estimate of drug-likeness (QED) is 0.781. The molecule has 0 aliphatic heterocycles. The van der Waals surface area contributed by atoms with Crippen molar-refractivity contribution in [2.75, 3.05) is 13.2 Å². The van der Waals surface area contributed by atoms with Crippen molar-refractivity contribution in [2.45, 2.75) is 39.3 Å². The van der Waals surface area contributed by atoms with Gasteiger partial charge in [0.1, 0.15) is 6.61 Å². The predicted molar refractivity (Wildman–Crippen MR) is 71.9 cm³/mol. The van der Waals surface area contributed by atoms with Crippen molar-refractivity contribution in [3.63, 3.8) is 0 Å². The zero-order valence-corrected chi connectivity index (χ0v) is 11.4. The Balaban J connectivity index is 2.80. The molecule has 0 saturated carbocycles. The van der Waals surface area contributed by atoms with Crippen LogP contribution in [0.1, 0.15) is 32.8 Å². The summed E-state index contributed by atoms with van der Waals surface area (Å²) >= 11 is 0. The first-order valence-corrected chi connectivity index (χ1v) is 6.33. The van der Waals surface area contributed by atoms with Crippen LogP contribution in [0.3, 0.4) is 0 Å². The Morgan fingerprint density at radius 1 is 1.22 bits per heavy atom. The molecule has 0 fully saturated rings. The highest BCUT2D eigenvalue weighted by Crippen LogP contribution is 2.29. The topological polar surface area (TPSA) is 64.7 Å². The molecule has 102 valence electrons. The number of hydrogen-bond donors (Lipinski definition) is 2. The Kier molecular flexibility index (Phi) is 5.44. The standard InChI is InChI=1S/C14H23NO3/c1-4-14(3,16)10-18-12-7-6-11(9-15)8-13(12)17-5-2/h6-8,16H,4-5,9-10,15H2,1-3H3. The molecule has 0 bridgehead atoms. The third-order valence-electron chi connectivity index (χ3n) is 2.84. The first-order valence-electron chi connectivity index (χ1n) is 6.33. The molecule has 0 heterocycles. The maximum atomic E-state index is 9.92. The summed E-state index contributed by atoms with van der Waals surface area (Å²) in [6, 6.07) is 5.61. The number of rotatable bonds is 7. The van der Waals surface area contributed by atoms with Crippen LogP contribution < -0.4 is 15.2 Å². The minimum Gasteiger partial charge on any atom is -0.490 e. The van der Waals surface area contributed by atoms with E-state index in [0.29, 0.717) is 31.1 Å². The molecule has 0 amide bonds. The van der Waals surface area contributed by atoms with Crippen LogP contribution in [0.2, 0.25) is 0 Å². The van der Waals surface area contributed by atoms with E-state index in [4.69, 9.17) is 15.2 Å². The van der Waals surface area contributed by atoms with E-state index in [2.05, 4.69) is 0 Å². The van der Waals surface area contributed by atoms with E-state index in [9.17, 15) is 5.11 Å². The van der Waals surface area contributed by atoms with Gasteiger partial charge in [-0.05, 0) is 38.0 Å². The largest absolute Gasteiger partial charge is 0.490 e. The van der Waals surface area contributed by atoms with Crippen molar-refractivity contribution >= 4 is 0 Å². The van der Waals surface area contributed by atoms with Gasteiger partial charge in [-0.3, -0.25) is 0 Å². The smallest absolute Gasteiger partial charge is 0.161 e. The molecule has 4 nitrogen and oxygen atoms in total. The third kappa shape index (κ3) is 4.20. The van der Waals surface area contributed by atoms with Crippen LogP contribution in [0.15, 0.2) is 18.2 Å². The molecule has 1 rings (SSSR count). The lowest BCUT2D eigenvalue weighted by atomic mass is 10.1. The average molecular weight is 253 g/mol. The number of benzene rings is 1.